The van der Waals surface area contributed by atoms with Crippen molar-refractivity contribution in [3.05, 3.63) is 59.7 Å². The molecule has 29 heavy (non-hydrogen) atoms. The van der Waals surface area contributed by atoms with E-state index in [0.29, 0.717) is 24.2 Å². The summed E-state index contributed by atoms with van der Waals surface area (Å²) in [5, 5.41) is 28.7. The maximum absolute atomic E-state index is 12.4. The molecule has 0 radical (unpaired) electrons. The van der Waals surface area contributed by atoms with Gasteiger partial charge in [-0.1, -0.05) is 42.5 Å². The molecule has 0 fully saturated rings. The number of amides is 1. The minimum atomic E-state index is -0.918. The van der Waals surface area contributed by atoms with Crippen LogP contribution in [0.1, 0.15) is 30.9 Å². The molecule has 8 heteroatoms. The minimum Gasteiger partial charge on any atom is -0.505 e. The summed E-state index contributed by atoms with van der Waals surface area (Å²) < 4.78 is 0. The zero-order valence-corrected chi connectivity index (χ0v) is 16.0. The summed E-state index contributed by atoms with van der Waals surface area (Å²) in [7, 11) is 0. The fourth-order valence-corrected chi connectivity index (χ4v) is 2.97. The van der Waals surface area contributed by atoms with Crippen molar-refractivity contribution < 1.29 is 19.8 Å². The number of para-hydroxylation sites is 1. The average Bonchev–Trinajstić information content (AvgIpc) is 2.96. The van der Waals surface area contributed by atoms with Crippen LogP contribution in [0.25, 0.3) is 0 Å². The third-order valence-corrected chi connectivity index (χ3v) is 4.46. The molecule has 0 spiro atoms. The Kier molecular flexibility index (Phi) is 6.23. The van der Waals surface area contributed by atoms with Crippen molar-refractivity contribution in [3.63, 3.8) is 0 Å². The lowest BCUT2D eigenvalue weighted by Crippen LogP contribution is -2.29. The number of carboxylic acids is 1. The molecule has 0 aromatic heterocycles. The van der Waals surface area contributed by atoms with Gasteiger partial charge in [0.1, 0.15) is 5.75 Å². The second-order valence-corrected chi connectivity index (χ2v) is 6.66. The van der Waals surface area contributed by atoms with E-state index in [2.05, 4.69) is 15.6 Å². The number of benzene rings is 2. The molecule has 2 aromatic carbocycles. The third-order valence-electron chi connectivity index (χ3n) is 4.46. The van der Waals surface area contributed by atoms with Crippen molar-refractivity contribution in [2.24, 2.45) is 10.2 Å². The van der Waals surface area contributed by atoms with Gasteiger partial charge in [0, 0.05) is 24.9 Å². The van der Waals surface area contributed by atoms with Gasteiger partial charge < -0.3 is 10.2 Å². The van der Waals surface area contributed by atoms with Gasteiger partial charge in [-0.25, -0.2) is 5.01 Å². The summed E-state index contributed by atoms with van der Waals surface area (Å²) in [6.45, 7) is 1.86. The molecule has 0 saturated carbocycles. The molecule has 1 amide bonds. The molecule has 8 nitrogen and oxygen atoms in total. The quantitative estimate of drug-likeness (QED) is 0.470. The molecule has 0 aliphatic carbocycles. The number of nitrogens with one attached hydrogen (secondary N) is 1. The number of carboxylic acid groups (broad SMARTS) is 1. The molecule has 3 rings (SSSR count). The Labute approximate surface area is 168 Å². The normalized spacial score (nSPS) is 14.9. The van der Waals surface area contributed by atoms with Crippen molar-refractivity contribution in [3.8, 4) is 5.75 Å². The number of aromatic hydroxyl groups is 1. The summed E-state index contributed by atoms with van der Waals surface area (Å²) in [4.78, 5) is 23.1. The van der Waals surface area contributed by atoms with Gasteiger partial charge in [0.15, 0.2) is 5.71 Å². The predicted octanol–water partition coefficient (Wildman–Crippen LogP) is 2.83. The highest BCUT2D eigenvalue weighted by atomic mass is 16.4. The summed E-state index contributed by atoms with van der Waals surface area (Å²) in [6, 6.07) is 15.1. The lowest BCUT2D eigenvalue weighted by Gasteiger charge is -2.11. The van der Waals surface area contributed by atoms with Crippen molar-refractivity contribution in [1.82, 2.24) is 5.01 Å². The van der Waals surface area contributed by atoms with Gasteiger partial charge in [-0.2, -0.15) is 10.2 Å². The van der Waals surface area contributed by atoms with E-state index in [1.54, 1.807) is 19.1 Å². The zero-order valence-electron chi connectivity index (χ0n) is 16.0. The molecular formula is C21H22N4O4. The fourth-order valence-electron chi connectivity index (χ4n) is 2.97. The summed E-state index contributed by atoms with van der Waals surface area (Å²) in [5.41, 5.74) is 5.50. The number of carbonyl (C=O) groups is 2. The molecule has 3 N–H and O–H groups in total. The number of phenols is 1. The van der Waals surface area contributed by atoms with E-state index in [1.165, 1.54) is 5.01 Å². The second kappa shape index (κ2) is 9.01. The molecule has 1 aliphatic rings. The van der Waals surface area contributed by atoms with E-state index in [-0.39, 0.29) is 24.4 Å². The number of carbonyl (C=O) groups excluding carboxylic acids is 1. The number of anilines is 1. The highest BCUT2D eigenvalue weighted by Gasteiger charge is 2.29. The SMILES string of the molecule is CC1=NN(CCCC(=O)O)C(=O)/C1=N\Nc1cccc(Cc2ccccc2)c1O. The van der Waals surface area contributed by atoms with Crippen LogP contribution in [0.5, 0.6) is 5.75 Å². The monoisotopic (exact) mass is 394 g/mol. The number of rotatable bonds is 8. The Balaban J connectivity index is 1.69. The molecule has 0 bridgehead atoms. The van der Waals surface area contributed by atoms with E-state index in [9.17, 15) is 14.7 Å². The van der Waals surface area contributed by atoms with E-state index >= 15 is 0 Å². The molecule has 0 atom stereocenters. The maximum Gasteiger partial charge on any atom is 0.303 e. The lowest BCUT2D eigenvalue weighted by molar-refractivity contribution is -0.137. The Morgan fingerprint density at radius 2 is 1.93 bits per heavy atom. The van der Waals surface area contributed by atoms with Crippen LogP contribution < -0.4 is 5.43 Å². The first-order chi connectivity index (χ1) is 14.0. The second-order valence-electron chi connectivity index (χ2n) is 6.66. The van der Waals surface area contributed by atoms with Gasteiger partial charge in [0.25, 0.3) is 5.91 Å². The Morgan fingerprint density at radius 3 is 2.66 bits per heavy atom. The van der Waals surface area contributed by atoms with Crippen molar-refractivity contribution in [1.29, 1.82) is 0 Å². The largest absolute Gasteiger partial charge is 0.505 e. The first kappa shape index (κ1) is 20.1. The summed E-state index contributed by atoms with van der Waals surface area (Å²) in [5.74, 6) is -1.25. The van der Waals surface area contributed by atoms with Crippen LogP contribution in [0.3, 0.4) is 0 Å². The first-order valence-electron chi connectivity index (χ1n) is 9.23. The molecule has 150 valence electrons. The Bertz CT molecular complexity index is 970. The topological polar surface area (TPSA) is 115 Å². The van der Waals surface area contributed by atoms with Crippen LogP contribution >= 0.6 is 0 Å². The summed E-state index contributed by atoms with van der Waals surface area (Å²) >= 11 is 0. The van der Waals surface area contributed by atoms with Crippen LogP contribution in [-0.2, 0) is 16.0 Å². The number of aliphatic carboxylic acids is 1. The lowest BCUT2D eigenvalue weighted by atomic mass is 10.0. The first-order valence-corrected chi connectivity index (χ1v) is 9.23. The molecule has 2 aromatic rings. The van der Waals surface area contributed by atoms with Crippen LogP contribution in [0.2, 0.25) is 0 Å². The highest BCUT2D eigenvalue weighted by Crippen LogP contribution is 2.29. The van der Waals surface area contributed by atoms with E-state index in [4.69, 9.17) is 5.11 Å². The van der Waals surface area contributed by atoms with Crippen molar-refractivity contribution in [2.45, 2.75) is 26.2 Å². The number of hydrogen-bond donors (Lipinski definition) is 3. The predicted molar refractivity (Wildman–Crippen MR) is 110 cm³/mol. The van der Waals surface area contributed by atoms with E-state index in [0.717, 1.165) is 11.1 Å². The molecule has 1 aliphatic heterocycles. The maximum atomic E-state index is 12.4. The van der Waals surface area contributed by atoms with Gasteiger partial charge >= 0.3 is 5.97 Å². The number of phenolic OH excluding ortho intramolecular Hbond substituents is 1. The van der Waals surface area contributed by atoms with E-state index in [1.807, 2.05) is 36.4 Å². The number of nitrogens with zero attached hydrogens (tertiary/aromatic N) is 3. The van der Waals surface area contributed by atoms with Gasteiger partial charge in [0.2, 0.25) is 0 Å². The summed E-state index contributed by atoms with van der Waals surface area (Å²) in [6.07, 6.45) is 0.835. The van der Waals surface area contributed by atoms with Gasteiger partial charge in [-0.3, -0.25) is 15.0 Å². The van der Waals surface area contributed by atoms with Crippen molar-refractivity contribution in [2.75, 3.05) is 12.0 Å². The van der Waals surface area contributed by atoms with Crippen molar-refractivity contribution >= 4 is 29.0 Å². The van der Waals surface area contributed by atoms with Crippen LogP contribution in [0, 0.1) is 0 Å². The number of hydrazone groups is 2. The molecule has 0 saturated heterocycles. The Morgan fingerprint density at radius 1 is 1.17 bits per heavy atom. The highest BCUT2D eigenvalue weighted by molar-refractivity contribution is 6.68. The van der Waals surface area contributed by atoms with Gasteiger partial charge in [-0.15, -0.1) is 0 Å². The van der Waals surface area contributed by atoms with Crippen LogP contribution in [-0.4, -0.2) is 45.1 Å². The van der Waals surface area contributed by atoms with Gasteiger partial charge in [0.05, 0.1) is 11.4 Å². The molecule has 1 heterocycles. The zero-order chi connectivity index (χ0) is 20.8. The fraction of sp³-hybridized carbons (Fsp3) is 0.238. The number of hydrogen-bond acceptors (Lipinski definition) is 6. The third kappa shape index (κ3) is 4.98. The van der Waals surface area contributed by atoms with Crippen LogP contribution in [0.4, 0.5) is 5.69 Å². The molecular weight excluding hydrogens is 372 g/mol. The van der Waals surface area contributed by atoms with Crippen LogP contribution in [0.15, 0.2) is 58.7 Å². The van der Waals surface area contributed by atoms with Gasteiger partial charge in [-0.05, 0) is 25.0 Å². The molecule has 0 unspecified atom stereocenters. The smallest absolute Gasteiger partial charge is 0.303 e. The average molecular weight is 394 g/mol. The Hall–Kier alpha value is -3.68. The standard InChI is InChI=1S/C21H22N4O4/c1-14-19(21(29)25(24-14)12-6-11-18(26)27)23-22-17-10-5-9-16(20(17)28)13-15-7-3-2-4-8-15/h2-5,7-10,22,28H,6,11-13H2,1H3,(H,26,27)/b23-19-. The minimum absolute atomic E-state index is 0.0366. The van der Waals surface area contributed by atoms with E-state index < -0.39 is 11.9 Å².